The summed E-state index contributed by atoms with van der Waals surface area (Å²) in [5.41, 5.74) is 1.85. The average Bonchev–Trinajstić information content (AvgIpc) is 3.36. The number of fused-ring (bicyclic) bond motifs is 1. The lowest BCUT2D eigenvalue weighted by molar-refractivity contribution is -0.120. The topological polar surface area (TPSA) is 80.2 Å². The minimum absolute atomic E-state index is 0.104. The van der Waals surface area contributed by atoms with Gasteiger partial charge in [0.15, 0.2) is 16.6 Å². The predicted molar refractivity (Wildman–Crippen MR) is 113 cm³/mol. The van der Waals surface area contributed by atoms with E-state index in [0.717, 1.165) is 48.7 Å². The van der Waals surface area contributed by atoms with Crippen LogP contribution < -0.4 is 15.0 Å². The largest absolute Gasteiger partial charge is 0.470 e. The molecule has 0 aliphatic carbocycles. The van der Waals surface area contributed by atoms with Gasteiger partial charge in [-0.3, -0.25) is 4.79 Å². The van der Waals surface area contributed by atoms with Crippen molar-refractivity contribution in [1.29, 1.82) is 0 Å². The summed E-state index contributed by atoms with van der Waals surface area (Å²) in [6.07, 6.45) is 4.87. The van der Waals surface area contributed by atoms with Gasteiger partial charge in [-0.05, 0) is 24.8 Å². The maximum atomic E-state index is 13.0. The molecule has 5 rings (SSSR count). The predicted octanol–water partition coefficient (Wildman–Crippen LogP) is 2.61. The molecule has 150 valence electrons. The van der Waals surface area contributed by atoms with E-state index in [-0.39, 0.29) is 17.9 Å². The highest BCUT2D eigenvalue weighted by molar-refractivity contribution is 7.22. The monoisotopic (exact) mass is 409 g/mol. The van der Waals surface area contributed by atoms with Crippen LogP contribution in [-0.2, 0) is 11.2 Å². The van der Waals surface area contributed by atoms with E-state index in [1.807, 2.05) is 18.2 Å². The molecule has 0 saturated carbocycles. The van der Waals surface area contributed by atoms with Gasteiger partial charge in [-0.2, -0.15) is 4.98 Å². The molecule has 7 nitrogen and oxygen atoms in total. The fourth-order valence-corrected chi connectivity index (χ4v) is 4.87. The van der Waals surface area contributed by atoms with Crippen molar-refractivity contribution in [2.24, 2.45) is 0 Å². The number of aromatic nitrogens is 3. The average molecular weight is 410 g/mol. The SMILES string of the molecule is O=C(CCc1ccccc1)[C@H]1CCCN1c1nc2ncnc(OC3CNC3)c2s1. The van der Waals surface area contributed by atoms with E-state index in [9.17, 15) is 4.79 Å². The molecule has 2 aliphatic heterocycles. The Balaban J connectivity index is 1.33. The maximum absolute atomic E-state index is 13.0. The van der Waals surface area contributed by atoms with Crippen molar-refractivity contribution in [3.8, 4) is 5.88 Å². The molecule has 2 aromatic heterocycles. The lowest BCUT2D eigenvalue weighted by Gasteiger charge is -2.27. The number of ketones is 1. The van der Waals surface area contributed by atoms with Gasteiger partial charge in [-0.1, -0.05) is 41.7 Å². The summed E-state index contributed by atoms with van der Waals surface area (Å²) in [6, 6.07) is 10.1. The van der Waals surface area contributed by atoms with Crippen molar-refractivity contribution in [1.82, 2.24) is 20.3 Å². The number of hydrogen-bond acceptors (Lipinski definition) is 8. The smallest absolute Gasteiger partial charge is 0.237 e. The first-order chi connectivity index (χ1) is 14.3. The highest BCUT2D eigenvalue weighted by Crippen LogP contribution is 2.36. The molecule has 2 aliphatic rings. The molecule has 0 spiro atoms. The molecule has 29 heavy (non-hydrogen) atoms. The number of nitrogens with one attached hydrogen (secondary N) is 1. The summed E-state index contributed by atoms with van der Waals surface area (Å²) in [5, 5.41) is 4.04. The standard InChI is InChI=1S/C21H23N5O2S/c27-17(9-8-14-5-2-1-3-6-14)16-7-4-10-26(16)21-25-19-18(29-21)20(24-13-23-19)28-15-11-22-12-15/h1-3,5-6,13,15-16,22H,4,7-12H2/t16-/m1/s1. The van der Waals surface area contributed by atoms with Gasteiger partial charge in [0.25, 0.3) is 0 Å². The number of benzene rings is 1. The number of aryl methyl sites for hydroxylation is 1. The number of anilines is 1. The molecule has 0 amide bonds. The zero-order valence-electron chi connectivity index (χ0n) is 16.1. The van der Waals surface area contributed by atoms with E-state index in [0.29, 0.717) is 17.9 Å². The number of thiazole rings is 1. The van der Waals surface area contributed by atoms with E-state index in [1.54, 1.807) is 0 Å². The van der Waals surface area contributed by atoms with Crippen molar-refractivity contribution in [2.75, 3.05) is 24.5 Å². The second-order valence-electron chi connectivity index (χ2n) is 7.53. The summed E-state index contributed by atoms with van der Waals surface area (Å²) in [5.74, 6) is 0.880. The molecule has 0 radical (unpaired) electrons. The van der Waals surface area contributed by atoms with E-state index in [2.05, 4.69) is 32.3 Å². The van der Waals surface area contributed by atoms with E-state index >= 15 is 0 Å². The van der Waals surface area contributed by atoms with E-state index < -0.39 is 0 Å². The van der Waals surface area contributed by atoms with Gasteiger partial charge < -0.3 is 15.0 Å². The molecular formula is C21H23N5O2S. The fourth-order valence-electron chi connectivity index (χ4n) is 3.84. The summed E-state index contributed by atoms with van der Waals surface area (Å²) in [6.45, 7) is 2.51. The Hall–Kier alpha value is -2.58. The van der Waals surface area contributed by atoms with Crippen LogP contribution in [0.15, 0.2) is 36.7 Å². The highest BCUT2D eigenvalue weighted by Gasteiger charge is 2.33. The van der Waals surface area contributed by atoms with Crippen molar-refractivity contribution in [3.05, 3.63) is 42.2 Å². The molecule has 0 bridgehead atoms. The lowest BCUT2D eigenvalue weighted by Crippen LogP contribution is -2.50. The van der Waals surface area contributed by atoms with Gasteiger partial charge in [0, 0.05) is 26.1 Å². The number of ether oxygens (including phenoxy) is 1. The zero-order valence-corrected chi connectivity index (χ0v) is 16.9. The molecule has 8 heteroatoms. The first-order valence-electron chi connectivity index (χ1n) is 10.1. The van der Waals surface area contributed by atoms with Gasteiger partial charge in [0.05, 0.1) is 6.04 Å². The van der Waals surface area contributed by atoms with Crippen LogP contribution in [0.4, 0.5) is 5.13 Å². The van der Waals surface area contributed by atoms with Crippen LogP contribution in [-0.4, -0.2) is 52.5 Å². The molecule has 3 aromatic rings. The third-order valence-corrected chi connectivity index (χ3v) is 6.61. The highest BCUT2D eigenvalue weighted by atomic mass is 32.1. The van der Waals surface area contributed by atoms with Gasteiger partial charge in [0.2, 0.25) is 5.88 Å². The lowest BCUT2D eigenvalue weighted by atomic mass is 10.0. The van der Waals surface area contributed by atoms with Crippen LogP contribution in [0.2, 0.25) is 0 Å². The Morgan fingerprint density at radius 2 is 2.10 bits per heavy atom. The minimum Gasteiger partial charge on any atom is -0.470 e. The number of rotatable bonds is 7. The summed E-state index contributed by atoms with van der Waals surface area (Å²) >= 11 is 1.53. The van der Waals surface area contributed by atoms with Crippen molar-refractivity contribution >= 4 is 32.6 Å². The minimum atomic E-state index is -0.104. The van der Waals surface area contributed by atoms with Crippen LogP contribution in [0.5, 0.6) is 5.88 Å². The number of hydrogen-bond donors (Lipinski definition) is 1. The molecule has 1 aromatic carbocycles. The number of Topliss-reactive ketones (excluding diaryl/α,β-unsaturated/α-hetero) is 1. The Bertz CT molecular complexity index is 1000. The Labute approximate surface area is 173 Å². The van der Waals surface area contributed by atoms with Gasteiger partial charge in [-0.25, -0.2) is 9.97 Å². The van der Waals surface area contributed by atoms with Crippen molar-refractivity contribution < 1.29 is 9.53 Å². The second-order valence-corrected chi connectivity index (χ2v) is 8.51. The normalized spacial score (nSPS) is 19.4. The molecular weight excluding hydrogens is 386 g/mol. The van der Waals surface area contributed by atoms with Gasteiger partial charge >= 0.3 is 0 Å². The van der Waals surface area contributed by atoms with Crippen LogP contribution in [0.3, 0.4) is 0 Å². The molecule has 2 fully saturated rings. The van der Waals surface area contributed by atoms with Crippen LogP contribution in [0.25, 0.3) is 10.3 Å². The fraction of sp³-hybridized carbons (Fsp3) is 0.429. The summed E-state index contributed by atoms with van der Waals surface area (Å²) < 4.78 is 6.83. The molecule has 1 N–H and O–H groups in total. The first kappa shape index (κ1) is 18.4. The third kappa shape index (κ3) is 3.82. The molecule has 1 atom stereocenters. The Morgan fingerprint density at radius 1 is 1.24 bits per heavy atom. The Morgan fingerprint density at radius 3 is 2.90 bits per heavy atom. The first-order valence-corrected chi connectivity index (χ1v) is 10.9. The van der Waals surface area contributed by atoms with E-state index in [1.165, 1.54) is 23.2 Å². The molecule has 4 heterocycles. The van der Waals surface area contributed by atoms with Crippen LogP contribution in [0, 0.1) is 0 Å². The number of carbonyl (C=O) groups excluding carboxylic acids is 1. The van der Waals surface area contributed by atoms with Gasteiger partial charge in [0.1, 0.15) is 17.1 Å². The third-order valence-electron chi connectivity index (χ3n) is 5.54. The quantitative estimate of drug-likeness (QED) is 0.642. The zero-order chi connectivity index (χ0) is 19.6. The van der Waals surface area contributed by atoms with Gasteiger partial charge in [-0.15, -0.1) is 0 Å². The van der Waals surface area contributed by atoms with Crippen LogP contribution in [0.1, 0.15) is 24.8 Å². The summed E-state index contributed by atoms with van der Waals surface area (Å²) in [4.78, 5) is 28.4. The van der Waals surface area contributed by atoms with Crippen molar-refractivity contribution in [3.63, 3.8) is 0 Å². The van der Waals surface area contributed by atoms with E-state index in [4.69, 9.17) is 9.72 Å². The maximum Gasteiger partial charge on any atom is 0.237 e. The number of carbonyl (C=O) groups is 1. The molecule has 0 unspecified atom stereocenters. The Kier molecular flexibility index (Phi) is 5.12. The number of nitrogens with zero attached hydrogens (tertiary/aromatic N) is 4. The van der Waals surface area contributed by atoms with Crippen LogP contribution >= 0.6 is 11.3 Å². The molecule has 2 saturated heterocycles. The van der Waals surface area contributed by atoms with Crippen molar-refractivity contribution in [2.45, 2.75) is 37.8 Å². The summed E-state index contributed by atoms with van der Waals surface area (Å²) in [7, 11) is 0. The second kappa shape index (κ2) is 8.04.